The van der Waals surface area contributed by atoms with Gasteiger partial charge in [0.2, 0.25) is 0 Å². The Morgan fingerprint density at radius 2 is 1.13 bits per heavy atom. The van der Waals surface area contributed by atoms with E-state index in [9.17, 15) is 14.4 Å². The van der Waals surface area contributed by atoms with Crippen molar-refractivity contribution in [3.63, 3.8) is 0 Å². The summed E-state index contributed by atoms with van der Waals surface area (Å²) in [7, 11) is 0. The van der Waals surface area contributed by atoms with Gasteiger partial charge in [-0.1, -0.05) is 66.7 Å². The van der Waals surface area contributed by atoms with Crippen LogP contribution in [0.4, 0.5) is 5.69 Å². The third-order valence-corrected chi connectivity index (χ3v) is 4.99. The lowest BCUT2D eigenvalue weighted by atomic mass is 10.0. The minimum atomic E-state index is -0.616. The zero-order valence-electron chi connectivity index (χ0n) is 15.7. The summed E-state index contributed by atoms with van der Waals surface area (Å²) in [4.78, 5) is 44.7. The summed E-state index contributed by atoms with van der Waals surface area (Å²) in [6.45, 7) is 0. The van der Waals surface area contributed by atoms with Crippen LogP contribution >= 0.6 is 0 Å². The predicted octanol–water partition coefficient (Wildman–Crippen LogP) is 3.70. The number of amides is 2. The fraction of sp³-hybridized carbons (Fsp3) is 0. The van der Waals surface area contributed by atoms with E-state index in [1.165, 1.54) is 4.57 Å². The number of anilines is 1. The van der Waals surface area contributed by atoms with Gasteiger partial charge in [-0.2, -0.15) is 4.98 Å². The fourth-order valence-electron chi connectivity index (χ4n) is 3.69. The van der Waals surface area contributed by atoms with Gasteiger partial charge in [0.25, 0.3) is 11.8 Å². The van der Waals surface area contributed by atoms with Crippen LogP contribution < -0.4 is 10.6 Å². The molecule has 0 fully saturated rings. The summed E-state index contributed by atoms with van der Waals surface area (Å²) in [6, 6.07) is 26.7. The van der Waals surface area contributed by atoms with Gasteiger partial charge in [-0.15, -0.1) is 0 Å². The highest BCUT2D eigenvalue weighted by Crippen LogP contribution is 2.34. The number of para-hydroxylation sites is 2. The molecule has 1 aliphatic rings. The van der Waals surface area contributed by atoms with Crippen LogP contribution in [0.2, 0.25) is 0 Å². The lowest BCUT2D eigenvalue weighted by Gasteiger charge is -2.16. The average Bonchev–Trinajstić information content (AvgIpc) is 3.04. The smallest absolute Gasteiger partial charge is 0.268 e. The first kappa shape index (κ1) is 17.8. The van der Waals surface area contributed by atoms with Gasteiger partial charge in [0.1, 0.15) is 5.69 Å². The first-order valence-corrected chi connectivity index (χ1v) is 9.38. The third-order valence-electron chi connectivity index (χ3n) is 4.99. The number of imide groups is 1. The van der Waals surface area contributed by atoms with Crippen LogP contribution in [0.15, 0.2) is 95.8 Å². The molecule has 1 aromatic heterocycles. The first-order chi connectivity index (χ1) is 14.7. The Bertz CT molecular complexity index is 1330. The topological polar surface area (TPSA) is 72.3 Å². The molecule has 6 nitrogen and oxygen atoms in total. The van der Waals surface area contributed by atoms with Crippen molar-refractivity contribution in [2.45, 2.75) is 0 Å². The number of hydrogen-bond acceptors (Lipinski definition) is 4. The normalized spacial score (nSPS) is 12.9. The van der Waals surface area contributed by atoms with Crippen LogP contribution in [-0.2, 0) is 0 Å². The van der Waals surface area contributed by atoms with Crippen molar-refractivity contribution < 1.29 is 9.59 Å². The monoisotopic (exact) mass is 393 g/mol. The number of nitrogens with zero attached hydrogens (tertiary/aromatic N) is 3. The second-order valence-electron chi connectivity index (χ2n) is 6.78. The zero-order valence-corrected chi connectivity index (χ0v) is 15.7. The number of fused-ring (bicyclic) bond motifs is 1. The maximum atomic E-state index is 13.4. The van der Waals surface area contributed by atoms with E-state index in [0.717, 1.165) is 4.90 Å². The quantitative estimate of drug-likeness (QED) is 0.498. The molecule has 0 bridgehead atoms. The molecule has 2 amide bonds. The first-order valence-electron chi connectivity index (χ1n) is 9.38. The fourth-order valence-corrected chi connectivity index (χ4v) is 3.69. The third kappa shape index (κ3) is 2.66. The van der Waals surface area contributed by atoms with Gasteiger partial charge in [-0.25, -0.2) is 9.69 Å². The van der Waals surface area contributed by atoms with Crippen molar-refractivity contribution in [1.82, 2.24) is 9.55 Å². The number of rotatable bonds is 3. The highest BCUT2D eigenvalue weighted by molar-refractivity contribution is 6.35. The van der Waals surface area contributed by atoms with Gasteiger partial charge in [0.15, 0.2) is 0 Å². The Labute approximate surface area is 171 Å². The van der Waals surface area contributed by atoms with Crippen molar-refractivity contribution in [3.05, 3.63) is 113 Å². The standard InChI is InChI=1S/C24H15N3O3/c28-22-19-20(23(29)27(22)18-14-8-3-9-15-18)25-24(30)26(17-12-6-2-7-13-17)21(19)16-10-4-1-5-11-16/h1-15H. The van der Waals surface area contributed by atoms with Crippen LogP contribution in [0.3, 0.4) is 0 Å². The van der Waals surface area contributed by atoms with Gasteiger partial charge in [0, 0.05) is 0 Å². The molecule has 0 spiro atoms. The molecule has 0 aliphatic carbocycles. The summed E-state index contributed by atoms with van der Waals surface area (Å²) in [5.41, 5.74) is 1.38. The van der Waals surface area contributed by atoms with Crippen LogP contribution in [0.5, 0.6) is 0 Å². The molecule has 30 heavy (non-hydrogen) atoms. The highest BCUT2D eigenvalue weighted by Gasteiger charge is 2.42. The minimum Gasteiger partial charge on any atom is -0.268 e. The molecule has 0 N–H and O–H groups in total. The molecule has 5 rings (SSSR count). The molecule has 0 saturated carbocycles. The van der Waals surface area contributed by atoms with Crippen LogP contribution in [0.1, 0.15) is 20.8 Å². The van der Waals surface area contributed by atoms with Crippen molar-refractivity contribution in [2.75, 3.05) is 4.90 Å². The van der Waals surface area contributed by atoms with E-state index in [4.69, 9.17) is 0 Å². The van der Waals surface area contributed by atoms with E-state index >= 15 is 0 Å². The number of aromatic nitrogens is 2. The maximum Gasteiger partial charge on any atom is 0.353 e. The maximum absolute atomic E-state index is 13.4. The molecule has 0 unspecified atom stereocenters. The molecule has 1 aliphatic heterocycles. The predicted molar refractivity (Wildman–Crippen MR) is 113 cm³/mol. The van der Waals surface area contributed by atoms with Gasteiger partial charge < -0.3 is 0 Å². The molecule has 4 aromatic rings. The molecule has 2 heterocycles. The molecule has 3 aromatic carbocycles. The summed E-state index contributed by atoms with van der Waals surface area (Å²) in [5, 5.41) is 0. The number of carbonyl (C=O) groups is 2. The van der Waals surface area contributed by atoms with Crippen molar-refractivity contribution in [1.29, 1.82) is 0 Å². The molecular weight excluding hydrogens is 378 g/mol. The summed E-state index contributed by atoms with van der Waals surface area (Å²) in [5.74, 6) is -1.10. The number of hydrogen-bond donors (Lipinski definition) is 0. The molecule has 6 heteroatoms. The van der Waals surface area contributed by atoms with Crippen LogP contribution in [0.25, 0.3) is 16.9 Å². The van der Waals surface area contributed by atoms with Crippen LogP contribution in [-0.4, -0.2) is 21.4 Å². The van der Waals surface area contributed by atoms with E-state index in [1.807, 2.05) is 24.3 Å². The van der Waals surface area contributed by atoms with Gasteiger partial charge in [-0.05, 0) is 29.8 Å². The second kappa shape index (κ2) is 6.93. The lowest BCUT2D eigenvalue weighted by Crippen LogP contribution is -2.29. The second-order valence-corrected chi connectivity index (χ2v) is 6.78. The SMILES string of the molecule is O=C1c2nc(=O)n(-c3ccccc3)c(-c3ccccc3)c2C(=O)N1c1ccccc1. The van der Waals surface area contributed by atoms with E-state index in [2.05, 4.69) is 4.98 Å². The van der Waals surface area contributed by atoms with Crippen molar-refractivity contribution in [3.8, 4) is 16.9 Å². The van der Waals surface area contributed by atoms with Gasteiger partial charge in [0.05, 0.1) is 22.6 Å². The lowest BCUT2D eigenvalue weighted by molar-refractivity contribution is 0.0925. The van der Waals surface area contributed by atoms with E-state index < -0.39 is 17.5 Å². The number of benzene rings is 3. The van der Waals surface area contributed by atoms with E-state index in [-0.39, 0.29) is 11.3 Å². The van der Waals surface area contributed by atoms with E-state index in [0.29, 0.717) is 22.6 Å². The highest BCUT2D eigenvalue weighted by atomic mass is 16.2. The average molecular weight is 393 g/mol. The molecule has 0 radical (unpaired) electrons. The summed E-state index contributed by atoms with van der Waals surface area (Å²) in [6.07, 6.45) is 0. The largest absolute Gasteiger partial charge is 0.353 e. The number of carbonyl (C=O) groups excluding carboxylic acids is 2. The Morgan fingerprint density at radius 3 is 1.73 bits per heavy atom. The molecule has 144 valence electrons. The minimum absolute atomic E-state index is 0.124. The Hall–Kier alpha value is -4.32. The van der Waals surface area contributed by atoms with Crippen molar-refractivity contribution in [2.24, 2.45) is 0 Å². The van der Waals surface area contributed by atoms with Crippen LogP contribution in [0, 0.1) is 0 Å². The Balaban J connectivity index is 1.84. The molecular formula is C24H15N3O3. The zero-order chi connectivity index (χ0) is 20.7. The van der Waals surface area contributed by atoms with E-state index in [1.54, 1.807) is 66.7 Å². The Morgan fingerprint density at radius 1 is 0.600 bits per heavy atom. The summed E-state index contributed by atoms with van der Waals surface area (Å²) >= 11 is 0. The summed E-state index contributed by atoms with van der Waals surface area (Å²) < 4.78 is 1.38. The van der Waals surface area contributed by atoms with Gasteiger partial charge in [-0.3, -0.25) is 14.2 Å². The van der Waals surface area contributed by atoms with Crippen molar-refractivity contribution >= 4 is 17.5 Å². The molecule has 0 saturated heterocycles. The van der Waals surface area contributed by atoms with Gasteiger partial charge >= 0.3 is 5.69 Å². The Kier molecular flexibility index (Phi) is 4.10. The molecule has 0 atom stereocenters.